The monoisotopic (exact) mass is 274 g/mol. The zero-order chi connectivity index (χ0) is 14.0. The lowest BCUT2D eigenvalue weighted by molar-refractivity contribution is -0.137. The van der Waals surface area contributed by atoms with Crippen LogP contribution in [0.2, 0.25) is 0 Å². The molecule has 2 N–H and O–H groups in total. The van der Waals surface area contributed by atoms with Crippen molar-refractivity contribution in [2.24, 2.45) is 5.92 Å². The highest BCUT2D eigenvalue weighted by molar-refractivity contribution is 5.89. The lowest BCUT2D eigenvalue weighted by Gasteiger charge is -2.38. The number of carbonyl (C=O) groups excluding carboxylic acids is 1. The fraction of sp³-hybridized carbons (Fsp3) is 0.417. The van der Waals surface area contributed by atoms with Gasteiger partial charge in [-0.3, -0.25) is 0 Å². The van der Waals surface area contributed by atoms with Crippen LogP contribution < -0.4 is 5.32 Å². The molecule has 1 fully saturated rings. The van der Waals surface area contributed by atoms with Gasteiger partial charge in [0.1, 0.15) is 0 Å². The van der Waals surface area contributed by atoms with Gasteiger partial charge in [-0.25, -0.2) is 4.79 Å². The molecule has 0 saturated carbocycles. The van der Waals surface area contributed by atoms with E-state index < -0.39 is 17.8 Å². The minimum atomic E-state index is -4.43. The zero-order valence-electron chi connectivity index (χ0n) is 9.94. The van der Waals surface area contributed by atoms with Gasteiger partial charge in [-0.1, -0.05) is 6.07 Å². The van der Waals surface area contributed by atoms with Crippen LogP contribution in [-0.4, -0.2) is 35.7 Å². The summed E-state index contributed by atoms with van der Waals surface area (Å²) >= 11 is 0. The van der Waals surface area contributed by atoms with E-state index in [9.17, 15) is 18.0 Å². The number of rotatable bonds is 2. The minimum absolute atomic E-state index is 0.00728. The molecule has 2 amide bonds. The van der Waals surface area contributed by atoms with Gasteiger partial charge < -0.3 is 15.3 Å². The number of aliphatic hydroxyl groups excluding tert-OH is 1. The Bertz CT molecular complexity index is 470. The van der Waals surface area contributed by atoms with Crippen molar-refractivity contribution >= 4 is 11.7 Å². The third kappa shape index (κ3) is 3.17. The van der Waals surface area contributed by atoms with Gasteiger partial charge in [-0.05, 0) is 18.2 Å². The van der Waals surface area contributed by atoms with E-state index in [0.717, 1.165) is 12.1 Å². The van der Waals surface area contributed by atoms with E-state index in [1.807, 2.05) is 0 Å². The van der Waals surface area contributed by atoms with E-state index in [4.69, 9.17) is 5.11 Å². The SMILES string of the molecule is O=C(Nc1cccc(C(F)(F)F)c1)N1CC(CO)C1. The molecule has 1 heterocycles. The first kappa shape index (κ1) is 13.7. The molecule has 4 nitrogen and oxygen atoms in total. The van der Waals surface area contributed by atoms with Crippen LogP contribution in [0, 0.1) is 5.92 Å². The molecule has 19 heavy (non-hydrogen) atoms. The minimum Gasteiger partial charge on any atom is -0.396 e. The van der Waals surface area contributed by atoms with Crippen LogP contribution in [0.5, 0.6) is 0 Å². The Kier molecular flexibility index (Phi) is 3.66. The molecule has 2 rings (SSSR count). The highest BCUT2D eigenvalue weighted by Crippen LogP contribution is 2.30. The average Bonchev–Trinajstić information content (AvgIpc) is 2.26. The van der Waals surface area contributed by atoms with Crippen molar-refractivity contribution in [3.05, 3.63) is 29.8 Å². The predicted octanol–water partition coefficient (Wildman–Crippen LogP) is 2.16. The maximum atomic E-state index is 12.5. The summed E-state index contributed by atoms with van der Waals surface area (Å²) in [5.74, 6) is 0.0623. The summed E-state index contributed by atoms with van der Waals surface area (Å²) in [5.41, 5.74) is -0.700. The third-order valence-electron chi connectivity index (χ3n) is 2.94. The smallest absolute Gasteiger partial charge is 0.396 e. The topological polar surface area (TPSA) is 52.6 Å². The van der Waals surface area contributed by atoms with Crippen LogP contribution in [0.15, 0.2) is 24.3 Å². The number of hydrogen-bond acceptors (Lipinski definition) is 2. The molecule has 0 spiro atoms. The van der Waals surface area contributed by atoms with Gasteiger partial charge in [0.25, 0.3) is 0 Å². The molecule has 1 aromatic rings. The van der Waals surface area contributed by atoms with Crippen LogP contribution >= 0.6 is 0 Å². The van der Waals surface area contributed by atoms with Crippen molar-refractivity contribution in [1.82, 2.24) is 4.90 Å². The standard InChI is InChI=1S/C12H13F3N2O2/c13-12(14,15)9-2-1-3-10(4-9)16-11(19)17-5-8(6-17)7-18/h1-4,8,18H,5-7H2,(H,16,19). The molecule has 0 bridgehead atoms. The molecule has 0 aliphatic carbocycles. The number of nitrogens with zero attached hydrogens (tertiary/aromatic N) is 1. The summed E-state index contributed by atoms with van der Waals surface area (Å²) in [5, 5.41) is 11.2. The quantitative estimate of drug-likeness (QED) is 0.868. The molecule has 0 aromatic heterocycles. The van der Waals surface area contributed by atoms with E-state index in [1.54, 1.807) is 0 Å². The van der Waals surface area contributed by atoms with Crippen molar-refractivity contribution in [3.8, 4) is 0 Å². The molecule has 0 unspecified atom stereocenters. The summed E-state index contributed by atoms with van der Waals surface area (Å²) in [7, 11) is 0. The largest absolute Gasteiger partial charge is 0.416 e. The first-order chi connectivity index (χ1) is 8.90. The normalized spacial score (nSPS) is 16.1. The summed E-state index contributed by atoms with van der Waals surface area (Å²) in [6.45, 7) is 0.843. The maximum absolute atomic E-state index is 12.5. The number of alkyl halides is 3. The highest BCUT2D eigenvalue weighted by atomic mass is 19.4. The van der Waals surface area contributed by atoms with Crippen LogP contribution in [-0.2, 0) is 6.18 Å². The number of halogens is 3. The Morgan fingerprint density at radius 3 is 2.68 bits per heavy atom. The Morgan fingerprint density at radius 2 is 2.11 bits per heavy atom. The van der Waals surface area contributed by atoms with Gasteiger partial charge in [-0.2, -0.15) is 13.2 Å². The summed E-state index contributed by atoms with van der Waals surface area (Å²) < 4.78 is 37.5. The Labute approximate surface area is 107 Å². The van der Waals surface area contributed by atoms with E-state index in [1.165, 1.54) is 17.0 Å². The van der Waals surface area contributed by atoms with Gasteiger partial charge >= 0.3 is 12.2 Å². The fourth-order valence-corrected chi connectivity index (χ4v) is 1.83. The van der Waals surface area contributed by atoms with Crippen LogP contribution in [0.3, 0.4) is 0 Å². The number of benzene rings is 1. The van der Waals surface area contributed by atoms with Crippen molar-refractivity contribution < 1.29 is 23.1 Å². The van der Waals surface area contributed by atoms with Crippen LogP contribution in [0.1, 0.15) is 5.56 Å². The second-order valence-corrected chi connectivity index (χ2v) is 4.46. The van der Waals surface area contributed by atoms with Crippen LogP contribution in [0.4, 0.5) is 23.7 Å². The first-order valence-corrected chi connectivity index (χ1v) is 5.74. The molecule has 1 aliphatic heterocycles. The Balaban J connectivity index is 1.98. The van der Waals surface area contributed by atoms with Crippen molar-refractivity contribution in [3.63, 3.8) is 0 Å². The fourth-order valence-electron chi connectivity index (χ4n) is 1.83. The van der Waals surface area contributed by atoms with E-state index >= 15 is 0 Å². The Hall–Kier alpha value is -1.76. The summed E-state index contributed by atoms with van der Waals surface area (Å²) in [6, 6.07) is 4.02. The van der Waals surface area contributed by atoms with Gasteiger partial charge in [0, 0.05) is 31.3 Å². The maximum Gasteiger partial charge on any atom is 0.416 e. The summed E-state index contributed by atoms with van der Waals surface area (Å²) in [6.07, 6.45) is -4.43. The van der Waals surface area contributed by atoms with Gasteiger partial charge in [0.15, 0.2) is 0 Å². The van der Waals surface area contributed by atoms with Gasteiger partial charge in [0.2, 0.25) is 0 Å². The lowest BCUT2D eigenvalue weighted by atomic mass is 10.0. The van der Waals surface area contributed by atoms with E-state index in [0.29, 0.717) is 13.1 Å². The number of carbonyl (C=O) groups is 1. The molecule has 1 saturated heterocycles. The number of nitrogens with one attached hydrogen (secondary N) is 1. The number of aliphatic hydroxyl groups is 1. The number of hydrogen-bond donors (Lipinski definition) is 2. The molecule has 0 radical (unpaired) electrons. The average molecular weight is 274 g/mol. The number of anilines is 1. The number of amides is 2. The molecular formula is C12H13F3N2O2. The number of urea groups is 1. The van der Waals surface area contributed by atoms with Crippen LogP contribution in [0.25, 0.3) is 0 Å². The van der Waals surface area contributed by atoms with E-state index in [2.05, 4.69) is 5.32 Å². The molecule has 1 aromatic carbocycles. The lowest BCUT2D eigenvalue weighted by Crippen LogP contribution is -2.52. The van der Waals surface area contributed by atoms with Crippen molar-refractivity contribution in [2.45, 2.75) is 6.18 Å². The second kappa shape index (κ2) is 5.08. The van der Waals surface area contributed by atoms with Gasteiger partial charge in [0.05, 0.1) is 5.56 Å². The molecule has 1 aliphatic rings. The van der Waals surface area contributed by atoms with E-state index in [-0.39, 0.29) is 18.2 Å². The molecule has 104 valence electrons. The van der Waals surface area contributed by atoms with Crippen molar-refractivity contribution in [2.75, 3.05) is 25.0 Å². The highest BCUT2D eigenvalue weighted by Gasteiger charge is 2.32. The summed E-state index contributed by atoms with van der Waals surface area (Å²) in [4.78, 5) is 13.1. The van der Waals surface area contributed by atoms with Gasteiger partial charge in [-0.15, -0.1) is 0 Å². The molecule has 0 atom stereocenters. The number of likely N-dealkylation sites (tertiary alicyclic amines) is 1. The third-order valence-corrected chi connectivity index (χ3v) is 2.94. The van der Waals surface area contributed by atoms with Crippen molar-refractivity contribution in [1.29, 1.82) is 0 Å². The zero-order valence-corrected chi connectivity index (χ0v) is 9.94. The molecule has 7 heteroatoms. The molecular weight excluding hydrogens is 261 g/mol. The predicted molar refractivity (Wildman–Crippen MR) is 62.6 cm³/mol. The first-order valence-electron chi connectivity index (χ1n) is 5.74. The second-order valence-electron chi connectivity index (χ2n) is 4.46. The Morgan fingerprint density at radius 1 is 1.42 bits per heavy atom.